The van der Waals surface area contributed by atoms with Gasteiger partial charge in [-0.25, -0.2) is 4.98 Å². The van der Waals surface area contributed by atoms with Gasteiger partial charge in [0.1, 0.15) is 6.54 Å². The number of para-hydroxylation sites is 1. The second-order valence-electron chi connectivity index (χ2n) is 5.56. The zero-order valence-electron chi connectivity index (χ0n) is 14.0. The van der Waals surface area contributed by atoms with Crippen molar-refractivity contribution in [2.24, 2.45) is 0 Å². The molecule has 0 saturated carbocycles. The van der Waals surface area contributed by atoms with Crippen molar-refractivity contribution in [3.05, 3.63) is 69.3 Å². The van der Waals surface area contributed by atoms with Gasteiger partial charge in [0.15, 0.2) is 0 Å². The number of alkyl halides is 2. The molecule has 0 saturated heterocycles. The van der Waals surface area contributed by atoms with Crippen molar-refractivity contribution in [3.63, 3.8) is 0 Å². The number of hydrogen-bond acceptors (Lipinski definition) is 6. The molecule has 1 N–H and O–H groups in total. The number of hydrogen-bond donors (Lipinski definition) is 1. The van der Waals surface area contributed by atoms with Gasteiger partial charge in [-0.15, -0.1) is 0 Å². The van der Waals surface area contributed by atoms with Crippen LogP contribution in [0.25, 0.3) is 10.9 Å². The lowest BCUT2D eigenvalue weighted by Gasteiger charge is -2.11. The fourth-order valence-electron chi connectivity index (χ4n) is 2.49. The molecule has 0 bridgehead atoms. The lowest BCUT2D eigenvalue weighted by atomic mass is 10.2. The molecule has 0 aliphatic rings. The van der Waals surface area contributed by atoms with E-state index in [2.05, 4.69) is 10.3 Å². The zero-order chi connectivity index (χ0) is 20.3. The van der Waals surface area contributed by atoms with Gasteiger partial charge in [-0.3, -0.25) is 24.3 Å². The van der Waals surface area contributed by atoms with Gasteiger partial charge in [0.25, 0.3) is 17.0 Å². The number of halogens is 2. The number of fused-ring (bicyclic) bond motifs is 1. The number of amides is 1. The predicted octanol–water partition coefficient (Wildman–Crippen LogP) is 3.26. The summed E-state index contributed by atoms with van der Waals surface area (Å²) in [4.78, 5) is 39.1. The number of nitro benzene ring substituents is 1. The Labute approximate surface area is 160 Å². The number of carbonyl (C=O) groups excluding carboxylic acids is 1. The molecular formula is C17H12F2N4O4S. The number of carbonyl (C=O) groups is 1. The second kappa shape index (κ2) is 8.13. The van der Waals surface area contributed by atoms with Crippen LogP contribution in [0.2, 0.25) is 0 Å². The van der Waals surface area contributed by atoms with E-state index in [1.807, 2.05) is 0 Å². The minimum Gasteiger partial charge on any atom is -0.324 e. The van der Waals surface area contributed by atoms with Crippen LogP contribution in [-0.2, 0) is 11.3 Å². The maximum Gasteiger partial charge on any atom is 0.288 e. The van der Waals surface area contributed by atoms with E-state index in [9.17, 15) is 28.5 Å². The van der Waals surface area contributed by atoms with E-state index in [4.69, 9.17) is 0 Å². The van der Waals surface area contributed by atoms with Crippen molar-refractivity contribution < 1.29 is 18.5 Å². The third-order valence-corrected chi connectivity index (χ3v) is 4.50. The van der Waals surface area contributed by atoms with Gasteiger partial charge in [0, 0.05) is 17.0 Å². The molecule has 144 valence electrons. The molecule has 28 heavy (non-hydrogen) atoms. The van der Waals surface area contributed by atoms with Gasteiger partial charge in [-0.2, -0.15) is 8.78 Å². The Morgan fingerprint density at radius 2 is 2.04 bits per heavy atom. The van der Waals surface area contributed by atoms with Crippen molar-refractivity contribution in [2.45, 2.75) is 17.2 Å². The third-order valence-electron chi connectivity index (χ3n) is 3.71. The van der Waals surface area contributed by atoms with E-state index in [1.54, 1.807) is 12.1 Å². The molecule has 0 spiro atoms. The van der Waals surface area contributed by atoms with Gasteiger partial charge < -0.3 is 5.32 Å². The van der Waals surface area contributed by atoms with Crippen molar-refractivity contribution in [2.75, 3.05) is 5.32 Å². The number of nitro groups is 1. The van der Waals surface area contributed by atoms with E-state index in [0.717, 1.165) is 10.9 Å². The van der Waals surface area contributed by atoms with E-state index in [-0.39, 0.29) is 27.2 Å². The number of thioether (sulfide) groups is 1. The minimum atomic E-state index is -2.64. The van der Waals surface area contributed by atoms with Crippen LogP contribution in [0.1, 0.15) is 0 Å². The lowest BCUT2D eigenvalue weighted by molar-refractivity contribution is -0.384. The summed E-state index contributed by atoms with van der Waals surface area (Å²) in [6.07, 6.45) is 1.10. The zero-order valence-corrected chi connectivity index (χ0v) is 14.9. The summed E-state index contributed by atoms with van der Waals surface area (Å²) < 4.78 is 26.3. The van der Waals surface area contributed by atoms with E-state index in [1.165, 1.54) is 30.3 Å². The highest BCUT2D eigenvalue weighted by molar-refractivity contribution is 7.99. The number of rotatable bonds is 6. The van der Waals surface area contributed by atoms with Crippen molar-refractivity contribution in [1.29, 1.82) is 0 Å². The third kappa shape index (κ3) is 4.31. The number of anilines is 1. The highest BCUT2D eigenvalue weighted by atomic mass is 32.2. The van der Waals surface area contributed by atoms with E-state index < -0.39 is 28.7 Å². The van der Waals surface area contributed by atoms with Crippen LogP contribution in [0.5, 0.6) is 0 Å². The molecule has 0 fully saturated rings. The van der Waals surface area contributed by atoms with Gasteiger partial charge in [0.2, 0.25) is 5.91 Å². The molecule has 1 amide bonds. The Kier molecular flexibility index (Phi) is 5.64. The summed E-state index contributed by atoms with van der Waals surface area (Å²) in [6.45, 7) is -0.396. The van der Waals surface area contributed by atoms with Crippen LogP contribution in [0.15, 0.2) is 58.5 Å². The fourth-order valence-corrected chi connectivity index (χ4v) is 3.08. The van der Waals surface area contributed by atoms with Crippen LogP contribution in [0, 0.1) is 10.1 Å². The first-order valence-electron chi connectivity index (χ1n) is 7.82. The number of benzene rings is 2. The topological polar surface area (TPSA) is 107 Å². The summed E-state index contributed by atoms with van der Waals surface area (Å²) in [6, 6.07) is 9.68. The minimum absolute atomic E-state index is 0.120. The molecule has 2 aromatic carbocycles. The predicted molar refractivity (Wildman–Crippen MR) is 99.6 cm³/mol. The lowest BCUT2D eigenvalue weighted by Crippen LogP contribution is -2.28. The Morgan fingerprint density at radius 3 is 2.75 bits per heavy atom. The molecular weight excluding hydrogens is 394 g/mol. The molecule has 1 aromatic heterocycles. The fraction of sp³-hybridized carbons (Fsp3) is 0.118. The van der Waals surface area contributed by atoms with E-state index in [0.29, 0.717) is 11.8 Å². The molecule has 0 atom stereocenters. The Balaban J connectivity index is 1.82. The SMILES string of the molecule is O=C(Cn1cnc2cc([N+](=O)[O-])ccc2c1=O)Nc1ccccc1SC(F)F. The average Bonchev–Trinajstić information content (AvgIpc) is 2.65. The van der Waals surface area contributed by atoms with Crippen molar-refractivity contribution in [1.82, 2.24) is 9.55 Å². The van der Waals surface area contributed by atoms with Gasteiger partial charge >= 0.3 is 0 Å². The highest BCUT2D eigenvalue weighted by Crippen LogP contribution is 2.31. The van der Waals surface area contributed by atoms with Crippen molar-refractivity contribution >= 4 is 39.9 Å². The van der Waals surface area contributed by atoms with Crippen LogP contribution in [0.3, 0.4) is 0 Å². The van der Waals surface area contributed by atoms with Gasteiger partial charge in [-0.05, 0) is 18.2 Å². The first-order valence-corrected chi connectivity index (χ1v) is 8.70. The quantitative estimate of drug-likeness (QED) is 0.383. The molecule has 11 heteroatoms. The van der Waals surface area contributed by atoms with Gasteiger partial charge in [0.05, 0.1) is 27.8 Å². The molecule has 8 nitrogen and oxygen atoms in total. The summed E-state index contributed by atoms with van der Waals surface area (Å²) in [5, 5.41) is 13.4. The van der Waals surface area contributed by atoms with Crippen LogP contribution < -0.4 is 10.9 Å². The monoisotopic (exact) mass is 406 g/mol. The molecule has 3 rings (SSSR count). The first-order chi connectivity index (χ1) is 13.3. The number of nitrogens with one attached hydrogen (secondary N) is 1. The van der Waals surface area contributed by atoms with Crippen LogP contribution in [-0.4, -0.2) is 26.1 Å². The van der Waals surface area contributed by atoms with Gasteiger partial charge in [-0.1, -0.05) is 23.9 Å². The maximum atomic E-state index is 12.6. The second-order valence-corrected chi connectivity index (χ2v) is 6.59. The Morgan fingerprint density at radius 1 is 1.29 bits per heavy atom. The summed E-state index contributed by atoms with van der Waals surface area (Å²) in [5.74, 6) is -3.25. The first kappa shape index (κ1) is 19.4. The largest absolute Gasteiger partial charge is 0.324 e. The molecule has 1 heterocycles. The standard InChI is InChI=1S/C17H12F2N4O4S/c18-17(19)28-14-4-2-1-3-12(14)21-15(24)8-22-9-20-13-7-10(23(26)27)5-6-11(13)16(22)25/h1-7,9,17H,8H2,(H,21,24). The smallest absolute Gasteiger partial charge is 0.288 e. The Bertz CT molecular complexity index is 1120. The summed E-state index contributed by atoms with van der Waals surface area (Å²) in [5.41, 5.74) is -0.418. The molecule has 0 aliphatic carbocycles. The number of nitrogens with zero attached hydrogens (tertiary/aromatic N) is 3. The van der Waals surface area contributed by atoms with Crippen LogP contribution in [0.4, 0.5) is 20.2 Å². The molecule has 0 unspecified atom stereocenters. The van der Waals surface area contributed by atoms with Crippen LogP contribution >= 0.6 is 11.8 Å². The summed E-state index contributed by atoms with van der Waals surface area (Å²) >= 11 is 0.298. The molecule has 0 radical (unpaired) electrons. The normalized spacial score (nSPS) is 11.0. The molecule has 3 aromatic rings. The summed E-state index contributed by atoms with van der Waals surface area (Å²) in [7, 11) is 0. The molecule has 0 aliphatic heterocycles. The number of aromatic nitrogens is 2. The number of non-ortho nitro benzene ring substituents is 1. The van der Waals surface area contributed by atoms with E-state index >= 15 is 0 Å². The highest BCUT2D eigenvalue weighted by Gasteiger charge is 2.14. The van der Waals surface area contributed by atoms with Crippen molar-refractivity contribution in [3.8, 4) is 0 Å². The average molecular weight is 406 g/mol. The maximum absolute atomic E-state index is 12.6. The Hall–Kier alpha value is -3.34.